The van der Waals surface area contributed by atoms with Crippen LogP contribution in [0.25, 0.3) is 0 Å². The second kappa shape index (κ2) is 10.6. The number of carbonyl (C=O) groups is 3. The summed E-state index contributed by atoms with van der Waals surface area (Å²) in [7, 11) is 0. The van der Waals surface area contributed by atoms with Crippen molar-refractivity contribution in [3.8, 4) is 5.75 Å². The predicted molar refractivity (Wildman–Crippen MR) is 120 cm³/mol. The Morgan fingerprint density at radius 2 is 1.77 bits per heavy atom. The van der Waals surface area contributed by atoms with Crippen molar-refractivity contribution >= 4 is 23.5 Å². The molecule has 162 valence electrons. The second-order valence-electron chi connectivity index (χ2n) is 7.82. The average molecular weight is 421 g/mol. The lowest BCUT2D eigenvalue weighted by atomic mass is 9.98. The quantitative estimate of drug-likeness (QED) is 0.389. The Hall–Kier alpha value is -3.41. The molecule has 2 aromatic rings. The number of anilines is 1. The van der Waals surface area contributed by atoms with Crippen LogP contribution in [0.1, 0.15) is 55.5 Å². The van der Waals surface area contributed by atoms with Crippen LogP contribution in [0.5, 0.6) is 5.75 Å². The molecule has 6 nitrogen and oxygen atoms in total. The number of esters is 1. The summed E-state index contributed by atoms with van der Waals surface area (Å²) in [5, 5.41) is 5.78. The fraction of sp³-hybridized carbons (Fsp3) is 0.320. The monoisotopic (exact) mass is 420 g/mol. The van der Waals surface area contributed by atoms with Crippen molar-refractivity contribution in [3.05, 3.63) is 71.3 Å². The molecular formula is C25H28N2O4. The Kier molecular flexibility index (Phi) is 7.60. The Morgan fingerprint density at radius 1 is 1.03 bits per heavy atom. The minimum Gasteiger partial charge on any atom is -0.427 e. The maximum atomic E-state index is 12.5. The van der Waals surface area contributed by atoms with E-state index in [2.05, 4.69) is 10.6 Å². The molecule has 0 heterocycles. The Balaban J connectivity index is 1.63. The average Bonchev–Trinajstić information content (AvgIpc) is 3.27. The van der Waals surface area contributed by atoms with Crippen molar-refractivity contribution in [2.24, 2.45) is 5.92 Å². The van der Waals surface area contributed by atoms with Crippen LogP contribution in [0.2, 0.25) is 0 Å². The molecule has 6 heteroatoms. The summed E-state index contributed by atoms with van der Waals surface area (Å²) in [4.78, 5) is 36.1. The lowest BCUT2D eigenvalue weighted by Crippen LogP contribution is -2.24. The number of allylic oxidation sites excluding steroid dienone is 1. The zero-order chi connectivity index (χ0) is 22.2. The van der Waals surface area contributed by atoms with Crippen molar-refractivity contribution in [2.45, 2.75) is 46.1 Å². The highest BCUT2D eigenvalue weighted by Gasteiger charge is 2.17. The molecule has 0 bridgehead atoms. The molecule has 0 unspecified atom stereocenters. The number of benzene rings is 2. The second-order valence-corrected chi connectivity index (χ2v) is 7.82. The van der Waals surface area contributed by atoms with Crippen LogP contribution in [0, 0.1) is 5.92 Å². The highest BCUT2D eigenvalue weighted by atomic mass is 16.5. The van der Waals surface area contributed by atoms with Crippen molar-refractivity contribution in [1.29, 1.82) is 0 Å². The van der Waals surface area contributed by atoms with E-state index in [0.717, 1.165) is 24.0 Å². The molecule has 3 rings (SSSR count). The van der Waals surface area contributed by atoms with Crippen molar-refractivity contribution < 1.29 is 19.1 Å². The summed E-state index contributed by atoms with van der Waals surface area (Å²) in [6.45, 7) is 3.58. The van der Waals surface area contributed by atoms with E-state index in [4.69, 9.17) is 4.74 Å². The van der Waals surface area contributed by atoms with Crippen LogP contribution in [0.15, 0.2) is 60.2 Å². The summed E-state index contributed by atoms with van der Waals surface area (Å²) < 4.78 is 5.03. The molecule has 1 saturated carbocycles. The lowest BCUT2D eigenvalue weighted by molar-refractivity contribution is -0.131. The summed E-state index contributed by atoms with van der Waals surface area (Å²) in [5.41, 5.74) is 2.97. The van der Waals surface area contributed by atoms with Gasteiger partial charge in [-0.05, 0) is 55.5 Å². The van der Waals surface area contributed by atoms with Crippen LogP contribution in [-0.4, -0.2) is 17.8 Å². The predicted octanol–water partition coefficient (Wildman–Crippen LogP) is 4.62. The number of para-hydroxylation sites is 1. The van der Waals surface area contributed by atoms with Gasteiger partial charge in [0, 0.05) is 30.8 Å². The first-order valence-corrected chi connectivity index (χ1v) is 10.6. The number of hydrogen-bond acceptors (Lipinski definition) is 4. The van der Waals surface area contributed by atoms with Crippen LogP contribution < -0.4 is 15.4 Å². The molecule has 0 radical (unpaired) electrons. The molecule has 0 atom stereocenters. The maximum Gasteiger partial charge on any atom is 0.308 e. The molecule has 0 aromatic heterocycles. The molecule has 0 spiro atoms. The number of nitrogens with one attached hydrogen (secondary N) is 2. The first kappa shape index (κ1) is 22.3. The molecule has 1 fully saturated rings. The van der Waals surface area contributed by atoms with Crippen LogP contribution in [0.4, 0.5) is 5.69 Å². The van der Waals surface area contributed by atoms with E-state index in [1.807, 2.05) is 31.2 Å². The third kappa shape index (κ3) is 6.54. The first-order chi connectivity index (χ1) is 14.9. The number of carbonyl (C=O) groups excluding carboxylic acids is 3. The van der Waals surface area contributed by atoms with Gasteiger partial charge < -0.3 is 15.4 Å². The van der Waals surface area contributed by atoms with Gasteiger partial charge in [0.15, 0.2) is 0 Å². The Bertz CT molecular complexity index is 991. The Labute approximate surface area is 182 Å². The molecule has 0 aliphatic heterocycles. The van der Waals surface area contributed by atoms with Crippen LogP contribution >= 0.6 is 0 Å². The van der Waals surface area contributed by atoms with Gasteiger partial charge in [-0.1, -0.05) is 42.7 Å². The molecule has 1 aliphatic rings. The van der Waals surface area contributed by atoms with Gasteiger partial charge in [-0.3, -0.25) is 14.4 Å². The van der Waals surface area contributed by atoms with E-state index in [9.17, 15) is 14.4 Å². The van der Waals surface area contributed by atoms with Gasteiger partial charge in [-0.2, -0.15) is 0 Å². The largest absolute Gasteiger partial charge is 0.427 e. The van der Waals surface area contributed by atoms with Crippen molar-refractivity contribution in [2.75, 3.05) is 5.32 Å². The normalized spacial score (nSPS) is 14.2. The highest BCUT2D eigenvalue weighted by molar-refractivity contribution is 6.00. The molecule has 0 saturated heterocycles. The summed E-state index contributed by atoms with van der Waals surface area (Å²) >= 11 is 0. The molecule has 31 heavy (non-hydrogen) atoms. The fourth-order valence-electron chi connectivity index (χ4n) is 3.82. The van der Waals surface area contributed by atoms with Gasteiger partial charge >= 0.3 is 5.97 Å². The minimum atomic E-state index is -0.445. The van der Waals surface area contributed by atoms with Crippen LogP contribution in [0.3, 0.4) is 0 Å². The summed E-state index contributed by atoms with van der Waals surface area (Å²) in [6, 6.07) is 13.8. The van der Waals surface area contributed by atoms with E-state index in [1.165, 1.54) is 25.8 Å². The number of amides is 2. The third-order valence-electron chi connectivity index (χ3n) is 5.43. The van der Waals surface area contributed by atoms with Gasteiger partial charge in [0.1, 0.15) is 5.75 Å². The smallest absolute Gasteiger partial charge is 0.308 e. The van der Waals surface area contributed by atoms with Crippen molar-refractivity contribution in [1.82, 2.24) is 5.32 Å². The van der Waals surface area contributed by atoms with Gasteiger partial charge in [0.2, 0.25) is 5.91 Å². The van der Waals surface area contributed by atoms with Gasteiger partial charge in [-0.25, -0.2) is 0 Å². The van der Waals surface area contributed by atoms with E-state index in [-0.39, 0.29) is 18.4 Å². The minimum absolute atomic E-state index is 0.155. The van der Waals surface area contributed by atoms with Crippen LogP contribution in [-0.2, 0) is 16.1 Å². The van der Waals surface area contributed by atoms with E-state index in [0.29, 0.717) is 22.9 Å². The standard InChI is InChI=1S/C25H28N2O4/c1-17(19-8-3-4-9-19)14-24(29)27-23-13-6-5-10-21(23)16-26-25(30)20-11-7-12-22(15-20)31-18(2)28/h5-7,10-15,19H,3-4,8-9,16H2,1-2H3,(H,26,30)(H,27,29)/b17-14+. The zero-order valence-corrected chi connectivity index (χ0v) is 17.9. The maximum absolute atomic E-state index is 12.5. The molecule has 2 aromatic carbocycles. The molecule has 2 amide bonds. The number of hydrogen-bond donors (Lipinski definition) is 2. The van der Waals surface area contributed by atoms with Gasteiger partial charge in [-0.15, -0.1) is 0 Å². The number of ether oxygens (including phenoxy) is 1. The summed E-state index contributed by atoms with van der Waals surface area (Å²) in [6.07, 6.45) is 6.44. The molecule has 2 N–H and O–H groups in total. The highest BCUT2D eigenvalue weighted by Crippen LogP contribution is 2.30. The topological polar surface area (TPSA) is 84.5 Å². The van der Waals surface area contributed by atoms with Crippen molar-refractivity contribution in [3.63, 3.8) is 0 Å². The van der Waals surface area contributed by atoms with Gasteiger partial charge in [0.25, 0.3) is 5.91 Å². The zero-order valence-electron chi connectivity index (χ0n) is 17.9. The lowest BCUT2D eigenvalue weighted by Gasteiger charge is -2.13. The fourth-order valence-corrected chi connectivity index (χ4v) is 3.82. The Morgan fingerprint density at radius 3 is 2.52 bits per heavy atom. The van der Waals surface area contributed by atoms with E-state index in [1.54, 1.807) is 24.3 Å². The van der Waals surface area contributed by atoms with Gasteiger partial charge in [0.05, 0.1) is 0 Å². The molecular weight excluding hydrogens is 392 g/mol. The SMILES string of the molecule is CC(=O)Oc1cccc(C(=O)NCc2ccccc2NC(=O)/C=C(\C)C2CCCC2)c1. The first-order valence-electron chi connectivity index (χ1n) is 10.6. The molecule has 1 aliphatic carbocycles. The van der Waals surface area contributed by atoms with E-state index < -0.39 is 5.97 Å². The number of rotatable bonds is 7. The third-order valence-corrected chi connectivity index (χ3v) is 5.43. The summed E-state index contributed by atoms with van der Waals surface area (Å²) in [5.74, 6) is -0.0796. The van der Waals surface area contributed by atoms with E-state index >= 15 is 0 Å².